The van der Waals surface area contributed by atoms with Gasteiger partial charge in [0.25, 0.3) is 11.7 Å². The molecule has 1 amide bonds. The quantitative estimate of drug-likeness (QED) is 0.364. The van der Waals surface area contributed by atoms with Gasteiger partial charge in [0.1, 0.15) is 11.5 Å². The molecule has 7 nitrogen and oxygen atoms in total. The maximum Gasteiger partial charge on any atom is 0.295 e. The lowest BCUT2D eigenvalue weighted by Gasteiger charge is -2.26. The van der Waals surface area contributed by atoms with Gasteiger partial charge >= 0.3 is 0 Å². The van der Waals surface area contributed by atoms with Gasteiger partial charge in [0.05, 0.1) is 25.3 Å². The standard InChI is InChI=1S/C26H21NO6/c1-31-19-10-6-5-9-18(19)14-27-23(16-7-3-2-4-8-16)22(25(29)26(27)30)24(28)17-11-12-20-21(13-17)33-15-32-20/h2-13,23,28H,14-15H2,1H3/b24-22-. The molecule has 0 bridgehead atoms. The average Bonchev–Trinajstić information content (AvgIpc) is 3.42. The normalized spacial score (nSPS) is 18.6. The van der Waals surface area contributed by atoms with Gasteiger partial charge in [0, 0.05) is 11.1 Å². The van der Waals surface area contributed by atoms with E-state index in [2.05, 4.69) is 0 Å². The Morgan fingerprint density at radius 2 is 1.73 bits per heavy atom. The summed E-state index contributed by atoms with van der Waals surface area (Å²) in [6, 6.07) is 20.7. The van der Waals surface area contributed by atoms with Crippen LogP contribution in [0.4, 0.5) is 0 Å². The fraction of sp³-hybridized carbons (Fsp3) is 0.154. The summed E-state index contributed by atoms with van der Waals surface area (Å²) in [5.41, 5.74) is 1.87. The lowest BCUT2D eigenvalue weighted by atomic mass is 9.95. The molecule has 0 saturated carbocycles. The van der Waals surface area contributed by atoms with Crippen molar-refractivity contribution in [3.05, 3.63) is 95.1 Å². The number of hydrogen-bond acceptors (Lipinski definition) is 6. The number of ketones is 1. The first-order valence-electron chi connectivity index (χ1n) is 10.4. The summed E-state index contributed by atoms with van der Waals surface area (Å²) in [6.45, 7) is 0.235. The third kappa shape index (κ3) is 3.57. The molecule has 2 aliphatic heterocycles. The number of likely N-dealkylation sites (tertiary alicyclic amines) is 1. The van der Waals surface area contributed by atoms with Crippen LogP contribution >= 0.6 is 0 Å². The van der Waals surface area contributed by atoms with E-state index in [-0.39, 0.29) is 24.7 Å². The van der Waals surface area contributed by atoms with Gasteiger partial charge in [-0.2, -0.15) is 0 Å². The van der Waals surface area contributed by atoms with Crippen LogP contribution in [0, 0.1) is 0 Å². The number of carbonyl (C=O) groups excluding carboxylic acids is 2. The van der Waals surface area contributed by atoms with Crippen molar-refractivity contribution in [2.75, 3.05) is 13.9 Å². The van der Waals surface area contributed by atoms with Crippen LogP contribution in [0.2, 0.25) is 0 Å². The summed E-state index contributed by atoms with van der Waals surface area (Å²) >= 11 is 0. The molecule has 0 spiro atoms. The van der Waals surface area contributed by atoms with Crippen LogP contribution in [-0.2, 0) is 16.1 Å². The Morgan fingerprint density at radius 1 is 1.00 bits per heavy atom. The van der Waals surface area contributed by atoms with Crippen molar-refractivity contribution >= 4 is 17.4 Å². The summed E-state index contributed by atoms with van der Waals surface area (Å²) in [5.74, 6) is -0.0441. The number of benzene rings is 3. The number of ether oxygens (including phenoxy) is 3. The maximum atomic E-state index is 13.2. The number of nitrogens with zero attached hydrogens (tertiary/aromatic N) is 1. The highest BCUT2D eigenvalue weighted by molar-refractivity contribution is 6.46. The Hall–Kier alpha value is -4.26. The molecule has 3 aromatic carbocycles. The van der Waals surface area contributed by atoms with E-state index in [1.165, 1.54) is 4.90 Å². The molecule has 7 heteroatoms. The first-order valence-corrected chi connectivity index (χ1v) is 10.4. The van der Waals surface area contributed by atoms with Crippen molar-refractivity contribution in [1.29, 1.82) is 0 Å². The van der Waals surface area contributed by atoms with Crippen molar-refractivity contribution in [3.63, 3.8) is 0 Å². The summed E-state index contributed by atoms with van der Waals surface area (Å²) in [4.78, 5) is 27.8. The molecule has 5 rings (SSSR count). The predicted octanol–water partition coefficient (Wildman–Crippen LogP) is 4.05. The molecule has 33 heavy (non-hydrogen) atoms. The molecular weight excluding hydrogens is 422 g/mol. The number of aliphatic hydroxyl groups is 1. The number of fused-ring (bicyclic) bond motifs is 1. The number of amides is 1. The third-order valence-electron chi connectivity index (χ3n) is 5.83. The molecular formula is C26H21NO6. The molecule has 1 fully saturated rings. The predicted molar refractivity (Wildman–Crippen MR) is 120 cm³/mol. The number of aliphatic hydroxyl groups excluding tert-OH is 1. The fourth-order valence-electron chi connectivity index (χ4n) is 4.24. The average molecular weight is 443 g/mol. The van der Waals surface area contributed by atoms with E-state index in [9.17, 15) is 14.7 Å². The van der Waals surface area contributed by atoms with Gasteiger partial charge < -0.3 is 24.2 Å². The lowest BCUT2D eigenvalue weighted by Crippen LogP contribution is -2.29. The Balaban J connectivity index is 1.63. The van der Waals surface area contributed by atoms with Crippen LogP contribution in [0.15, 0.2) is 78.4 Å². The Morgan fingerprint density at radius 3 is 2.52 bits per heavy atom. The maximum absolute atomic E-state index is 13.2. The van der Waals surface area contributed by atoms with Crippen LogP contribution in [0.25, 0.3) is 5.76 Å². The van der Waals surface area contributed by atoms with Crippen LogP contribution < -0.4 is 14.2 Å². The number of Topliss-reactive ketones (excluding diaryl/α,β-unsaturated/α-hetero) is 1. The van der Waals surface area contributed by atoms with Gasteiger partial charge in [-0.05, 0) is 29.8 Å². The van der Waals surface area contributed by atoms with Crippen LogP contribution in [0.5, 0.6) is 17.2 Å². The number of carbonyl (C=O) groups is 2. The molecule has 0 aromatic heterocycles. The van der Waals surface area contributed by atoms with E-state index < -0.39 is 17.7 Å². The minimum absolute atomic E-state index is 0.0277. The minimum atomic E-state index is -0.762. The fourth-order valence-corrected chi connectivity index (χ4v) is 4.24. The Bertz CT molecular complexity index is 1270. The summed E-state index contributed by atoms with van der Waals surface area (Å²) in [7, 11) is 1.56. The molecule has 2 aliphatic rings. The Kier molecular flexibility index (Phi) is 5.22. The lowest BCUT2D eigenvalue weighted by molar-refractivity contribution is -0.140. The second-order valence-corrected chi connectivity index (χ2v) is 7.72. The van der Waals surface area contributed by atoms with E-state index in [1.54, 1.807) is 31.4 Å². The number of hydrogen-bond donors (Lipinski definition) is 1. The van der Waals surface area contributed by atoms with E-state index in [4.69, 9.17) is 14.2 Å². The van der Waals surface area contributed by atoms with E-state index in [0.29, 0.717) is 28.4 Å². The van der Waals surface area contributed by atoms with Crippen molar-refractivity contribution in [3.8, 4) is 17.2 Å². The van der Waals surface area contributed by atoms with E-state index in [0.717, 1.165) is 5.56 Å². The number of methoxy groups -OCH3 is 1. The summed E-state index contributed by atoms with van der Waals surface area (Å²) < 4.78 is 16.2. The molecule has 1 atom stereocenters. The van der Waals surface area contributed by atoms with Crippen LogP contribution in [-0.4, -0.2) is 35.6 Å². The third-order valence-corrected chi connectivity index (χ3v) is 5.83. The van der Waals surface area contributed by atoms with Crippen molar-refractivity contribution in [2.45, 2.75) is 12.6 Å². The SMILES string of the molecule is COc1ccccc1CN1C(=O)C(=O)/C(=C(\O)c2ccc3c(c2)OCO3)C1c1ccccc1. The van der Waals surface area contributed by atoms with Gasteiger partial charge in [0.2, 0.25) is 6.79 Å². The monoisotopic (exact) mass is 443 g/mol. The highest BCUT2D eigenvalue weighted by Crippen LogP contribution is 2.42. The molecule has 2 heterocycles. The van der Waals surface area contributed by atoms with Gasteiger partial charge in [-0.1, -0.05) is 48.5 Å². The zero-order valence-corrected chi connectivity index (χ0v) is 17.9. The Labute approximate surface area is 190 Å². The molecule has 1 N–H and O–H groups in total. The largest absolute Gasteiger partial charge is 0.507 e. The topological polar surface area (TPSA) is 85.3 Å². The van der Waals surface area contributed by atoms with E-state index in [1.807, 2.05) is 48.5 Å². The zero-order valence-electron chi connectivity index (χ0n) is 17.9. The molecule has 1 unspecified atom stereocenters. The van der Waals surface area contributed by atoms with Crippen molar-refractivity contribution in [1.82, 2.24) is 4.90 Å². The number of para-hydroxylation sites is 1. The van der Waals surface area contributed by atoms with Gasteiger partial charge in [-0.3, -0.25) is 9.59 Å². The molecule has 3 aromatic rings. The second kappa shape index (κ2) is 8.35. The smallest absolute Gasteiger partial charge is 0.295 e. The highest BCUT2D eigenvalue weighted by Gasteiger charge is 2.46. The first kappa shape index (κ1) is 20.6. The summed E-state index contributed by atoms with van der Waals surface area (Å²) in [5, 5.41) is 11.2. The van der Waals surface area contributed by atoms with Crippen LogP contribution in [0.3, 0.4) is 0 Å². The number of rotatable bonds is 5. The molecule has 0 radical (unpaired) electrons. The van der Waals surface area contributed by atoms with Gasteiger partial charge in [-0.25, -0.2) is 0 Å². The van der Waals surface area contributed by atoms with E-state index >= 15 is 0 Å². The first-order chi connectivity index (χ1) is 16.1. The van der Waals surface area contributed by atoms with Crippen molar-refractivity contribution < 1.29 is 28.9 Å². The van der Waals surface area contributed by atoms with Gasteiger partial charge in [0.15, 0.2) is 11.5 Å². The second-order valence-electron chi connectivity index (χ2n) is 7.72. The van der Waals surface area contributed by atoms with Gasteiger partial charge in [-0.15, -0.1) is 0 Å². The highest BCUT2D eigenvalue weighted by atomic mass is 16.7. The zero-order chi connectivity index (χ0) is 22.9. The minimum Gasteiger partial charge on any atom is -0.507 e. The molecule has 166 valence electrons. The summed E-state index contributed by atoms with van der Waals surface area (Å²) in [6.07, 6.45) is 0. The van der Waals surface area contributed by atoms with Crippen LogP contribution in [0.1, 0.15) is 22.7 Å². The molecule has 1 saturated heterocycles. The van der Waals surface area contributed by atoms with Crippen molar-refractivity contribution in [2.24, 2.45) is 0 Å². The molecule has 0 aliphatic carbocycles.